The van der Waals surface area contributed by atoms with Gasteiger partial charge in [-0.25, -0.2) is 0 Å². The van der Waals surface area contributed by atoms with Crippen molar-refractivity contribution in [2.24, 2.45) is 5.10 Å². The first-order valence-corrected chi connectivity index (χ1v) is 4.56. The molecule has 0 rings (SSSR count). The molecule has 0 aromatic carbocycles. The summed E-state index contributed by atoms with van der Waals surface area (Å²) in [5.41, 5.74) is 1.12. The molecule has 0 bridgehead atoms. The SMILES string of the molecule is C=C(/C=N/N(C)C)CCCCC. The van der Waals surface area contributed by atoms with E-state index in [1.807, 2.05) is 20.3 Å². The molecule has 0 radical (unpaired) electrons. The van der Waals surface area contributed by atoms with E-state index in [-0.39, 0.29) is 0 Å². The summed E-state index contributed by atoms with van der Waals surface area (Å²) in [4.78, 5) is 0. The van der Waals surface area contributed by atoms with Gasteiger partial charge in [0.2, 0.25) is 0 Å². The van der Waals surface area contributed by atoms with Crippen molar-refractivity contribution in [1.29, 1.82) is 0 Å². The van der Waals surface area contributed by atoms with Gasteiger partial charge in [0.1, 0.15) is 0 Å². The molecule has 0 fully saturated rings. The minimum absolute atomic E-state index is 1.07. The van der Waals surface area contributed by atoms with Crippen LogP contribution < -0.4 is 0 Å². The molecule has 0 aromatic rings. The van der Waals surface area contributed by atoms with Crippen molar-refractivity contribution in [2.45, 2.75) is 32.6 Å². The maximum Gasteiger partial charge on any atom is 0.0496 e. The number of nitrogens with zero attached hydrogens (tertiary/aromatic N) is 2. The lowest BCUT2D eigenvalue weighted by molar-refractivity contribution is 0.440. The first-order chi connectivity index (χ1) is 5.66. The fourth-order valence-corrected chi connectivity index (χ4v) is 0.864. The first-order valence-electron chi connectivity index (χ1n) is 4.56. The zero-order valence-electron chi connectivity index (χ0n) is 8.51. The fraction of sp³-hybridized carbons (Fsp3) is 0.700. The van der Waals surface area contributed by atoms with E-state index in [0.29, 0.717) is 0 Å². The highest BCUT2D eigenvalue weighted by molar-refractivity contribution is 5.77. The minimum atomic E-state index is 1.07. The molecule has 12 heavy (non-hydrogen) atoms. The second-order valence-corrected chi connectivity index (χ2v) is 3.21. The van der Waals surface area contributed by atoms with Gasteiger partial charge in [0.05, 0.1) is 0 Å². The lowest BCUT2D eigenvalue weighted by Gasteiger charge is -2.03. The summed E-state index contributed by atoms with van der Waals surface area (Å²) in [5.74, 6) is 0. The Labute approximate surface area is 76.0 Å². The van der Waals surface area contributed by atoms with Gasteiger partial charge in [-0.15, -0.1) is 0 Å². The van der Waals surface area contributed by atoms with Gasteiger partial charge in [-0.2, -0.15) is 5.10 Å². The molecule has 0 aliphatic carbocycles. The second-order valence-electron chi connectivity index (χ2n) is 3.21. The number of allylic oxidation sites excluding steroid dienone is 1. The van der Waals surface area contributed by atoms with Crippen LogP contribution in [0.3, 0.4) is 0 Å². The fourth-order valence-electron chi connectivity index (χ4n) is 0.864. The molecule has 0 unspecified atom stereocenters. The predicted molar refractivity (Wildman–Crippen MR) is 55.5 cm³/mol. The maximum absolute atomic E-state index is 4.11. The Morgan fingerprint density at radius 2 is 2.08 bits per heavy atom. The van der Waals surface area contributed by atoms with Crippen LogP contribution in [0, 0.1) is 0 Å². The predicted octanol–water partition coefficient (Wildman–Crippen LogP) is 2.67. The van der Waals surface area contributed by atoms with Gasteiger partial charge in [-0.05, 0) is 18.4 Å². The lowest BCUT2D eigenvalue weighted by atomic mass is 10.1. The molecule has 0 saturated carbocycles. The number of rotatable bonds is 6. The largest absolute Gasteiger partial charge is 0.303 e. The Kier molecular flexibility index (Phi) is 6.44. The maximum atomic E-state index is 4.11. The van der Waals surface area contributed by atoms with E-state index in [9.17, 15) is 0 Å². The molecular formula is C10H20N2. The molecule has 0 aliphatic rings. The Hall–Kier alpha value is -0.790. The topological polar surface area (TPSA) is 15.6 Å². The lowest BCUT2D eigenvalue weighted by Crippen LogP contribution is -2.02. The molecule has 0 saturated heterocycles. The van der Waals surface area contributed by atoms with E-state index in [1.165, 1.54) is 19.3 Å². The number of hydrogen-bond acceptors (Lipinski definition) is 2. The van der Waals surface area contributed by atoms with Crippen LogP contribution in [0.5, 0.6) is 0 Å². The van der Waals surface area contributed by atoms with Gasteiger partial charge in [0, 0.05) is 20.3 Å². The third kappa shape index (κ3) is 7.32. The van der Waals surface area contributed by atoms with Gasteiger partial charge in [0.25, 0.3) is 0 Å². The molecule has 0 aromatic heterocycles. The first kappa shape index (κ1) is 11.2. The van der Waals surface area contributed by atoms with Gasteiger partial charge < -0.3 is 5.01 Å². The summed E-state index contributed by atoms with van der Waals surface area (Å²) in [5, 5.41) is 5.89. The van der Waals surface area contributed by atoms with E-state index < -0.39 is 0 Å². The highest BCUT2D eigenvalue weighted by Crippen LogP contribution is 2.04. The van der Waals surface area contributed by atoms with Crippen LogP contribution in [0.15, 0.2) is 17.3 Å². The van der Waals surface area contributed by atoms with Crippen LogP contribution in [0.25, 0.3) is 0 Å². The zero-order valence-corrected chi connectivity index (χ0v) is 8.51. The molecule has 0 N–H and O–H groups in total. The van der Waals surface area contributed by atoms with Crippen LogP contribution >= 0.6 is 0 Å². The van der Waals surface area contributed by atoms with Gasteiger partial charge >= 0.3 is 0 Å². The summed E-state index contributed by atoms with van der Waals surface area (Å²) in [6, 6.07) is 0. The summed E-state index contributed by atoms with van der Waals surface area (Å²) >= 11 is 0. The number of unbranched alkanes of at least 4 members (excludes halogenated alkanes) is 2. The van der Waals surface area contributed by atoms with Crippen LogP contribution in [-0.2, 0) is 0 Å². The number of hydrogen-bond donors (Lipinski definition) is 0. The standard InChI is InChI=1S/C10H20N2/c1-5-6-7-8-10(2)9-11-12(3)4/h9H,2,5-8H2,1,3-4H3/b11-9+. The Morgan fingerprint density at radius 1 is 1.42 bits per heavy atom. The van der Waals surface area contributed by atoms with Crippen molar-refractivity contribution in [3.05, 3.63) is 12.2 Å². The van der Waals surface area contributed by atoms with Crippen LogP contribution in [0.4, 0.5) is 0 Å². The van der Waals surface area contributed by atoms with Crippen molar-refractivity contribution in [2.75, 3.05) is 14.1 Å². The van der Waals surface area contributed by atoms with Crippen molar-refractivity contribution in [3.63, 3.8) is 0 Å². The van der Waals surface area contributed by atoms with Crippen molar-refractivity contribution >= 4 is 6.21 Å². The van der Waals surface area contributed by atoms with E-state index in [1.54, 1.807) is 5.01 Å². The smallest absolute Gasteiger partial charge is 0.0496 e. The second kappa shape index (κ2) is 6.89. The van der Waals surface area contributed by atoms with Gasteiger partial charge in [-0.1, -0.05) is 26.3 Å². The third-order valence-electron chi connectivity index (χ3n) is 1.57. The molecule has 0 aliphatic heterocycles. The molecule has 0 heterocycles. The molecule has 0 atom stereocenters. The van der Waals surface area contributed by atoms with E-state index in [4.69, 9.17) is 0 Å². The van der Waals surface area contributed by atoms with E-state index in [2.05, 4.69) is 18.6 Å². The average Bonchev–Trinajstić information content (AvgIpc) is 2.01. The van der Waals surface area contributed by atoms with Crippen molar-refractivity contribution < 1.29 is 0 Å². The molecule has 2 heteroatoms. The molecule has 0 spiro atoms. The third-order valence-corrected chi connectivity index (χ3v) is 1.57. The van der Waals surface area contributed by atoms with Crippen molar-refractivity contribution in [1.82, 2.24) is 5.01 Å². The summed E-state index contributed by atoms with van der Waals surface area (Å²) in [6.07, 6.45) is 6.70. The Morgan fingerprint density at radius 3 is 2.58 bits per heavy atom. The summed E-state index contributed by atoms with van der Waals surface area (Å²) in [7, 11) is 3.83. The van der Waals surface area contributed by atoms with E-state index >= 15 is 0 Å². The molecular weight excluding hydrogens is 148 g/mol. The highest BCUT2D eigenvalue weighted by Gasteiger charge is 1.90. The van der Waals surface area contributed by atoms with Crippen molar-refractivity contribution in [3.8, 4) is 0 Å². The van der Waals surface area contributed by atoms with E-state index in [0.717, 1.165) is 12.0 Å². The quantitative estimate of drug-likeness (QED) is 0.338. The molecule has 0 amide bonds. The minimum Gasteiger partial charge on any atom is -0.303 e. The normalized spacial score (nSPS) is 10.6. The molecule has 70 valence electrons. The highest BCUT2D eigenvalue weighted by atomic mass is 15.4. The van der Waals surface area contributed by atoms with Gasteiger partial charge in [-0.3, -0.25) is 0 Å². The van der Waals surface area contributed by atoms with Crippen LogP contribution in [0.1, 0.15) is 32.6 Å². The average molecular weight is 168 g/mol. The summed E-state index contributed by atoms with van der Waals surface area (Å²) in [6.45, 7) is 6.13. The van der Waals surface area contributed by atoms with Gasteiger partial charge in [0.15, 0.2) is 0 Å². The number of hydrazone groups is 1. The Bertz CT molecular complexity index is 148. The Balaban J connectivity index is 3.46. The zero-order chi connectivity index (χ0) is 9.40. The van der Waals surface area contributed by atoms with Crippen LogP contribution in [-0.4, -0.2) is 25.3 Å². The van der Waals surface area contributed by atoms with Crippen LogP contribution in [0.2, 0.25) is 0 Å². The monoisotopic (exact) mass is 168 g/mol. The molecule has 2 nitrogen and oxygen atoms in total. The summed E-state index contributed by atoms with van der Waals surface area (Å²) < 4.78 is 0.